The van der Waals surface area contributed by atoms with Crippen LogP contribution in [-0.2, 0) is 16.4 Å². The van der Waals surface area contributed by atoms with Gasteiger partial charge >= 0.3 is 0 Å². The van der Waals surface area contributed by atoms with Crippen LogP contribution in [0.4, 0.5) is 0 Å². The minimum atomic E-state index is -2.91. The number of aromatic nitrogens is 1. The van der Waals surface area contributed by atoms with Crippen LogP contribution in [0.2, 0.25) is 0 Å². The fraction of sp³-hybridized carbons (Fsp3) is 0.600. The minimum absolute atomic E-state index is 0.0900. The summed E-state index contributed by atoms with van der Waals surface area (Å²) in [6.45, 7) is 4.41. The monoisotopic (exact) mass is 340 g/mol. The number of nitrogens with zero attached hydrogens (tertiary/aromatic N) is 2. The minimum Gasteiger partial charge on any atom is -0.496 e. The third kappa shape index (κ3) is 4.34. The van der Waals surface area contributed by atoms with Gasteiger partial charge in [-0.1, -0.05) is 0 Å². The first kappa shape index (κ1) is 17.5. The highest BCUT2D eigenvalue weighted by Crippen LogP contribution is 2.23. The van der Waals surface area contributed by atoms with Crippen LogP contribution in [0.5, 0.6) is 5.75 Å². The first-order chi connectivity index (χ1) is 10.9. The summed E-state index contributed by atoms with van der Waals surface area (Å²) in [6, 6.07) is -0.0900. The molecule has 1 atom stereocenters. The molecule has 1 unspecified atom stereocenters. The van der Waals surface area contributed by atoms with Gasteiger partial charge in [-0.25, -0.2) is 8.42 Å². The van der Waals surface area contributed by atoms with Crippen LogP contribution in [0.3, 0.4) is 0 Å². The fourth-order valence-corrected chi connectivity index (χ4v) is 4.39. The molecule has 8 heteroatoms. The lowest BCUT2D eigenvalue weighted by atomic mass is 10.1. The molecule has 0 aromatic carbocycles. The number of hydrogen-bond donors (Lipinski definition) is 2. The van der Waals surface area contributed by atoms with E-state index in [9.17, 15) is 8.42 Å². The van der Waals surface area contributed by atoms with E-state index < -0.39 is 9.84 Å². The Balaban J connectivity index is 1.99. The summed E-state index contributed by atoms with van der Waals surface area (Å²) in [7, 11) is 0.397. The van der Waals surface area contributed by atoms with Crippen molar-refractivity contribution in [3.63, 3.8) is 0 Å². The Hall–Kier alpha value is -1.83. The van der Waals surface area contributed by atoms with E-state index in [1.165, 1.54) is 0 Å². The molecule has 0 bridgehead atoms. The molecule has 23 heavy (non-hydrogen) atoms. The summed E-state index contributed by atoms with van der Waals surface area (Å²) >= 11 is 0. The maximum atomic E-state index is 11.5. The number of ether oxygens (including phenoxy) is 1. The van der Waals surface area contributed by atoms with Gasteiger partial charge in [0, 0.05) is 30.4 Å². The highest BCUT2D eigenvalue weighted by atomic mass is 32.2. The van der Waals surface area contributed by atoms with E-state index in [4.69, 9.17) is 4.74 Å². The van der Waals surface area contributed by atoms with E-state index in [0.717, 1.165) is 22.6 Å². The van der Waals surface area contributed by atoms with Crippen LogP contribution in [0.15, 0.2) is 11.2 Å². The number of hydrogen-bond acceptors (Lipinski definition) is 5. The molecule has 2 N–H and O–H groups in total. The van der Waals surface area contributed by atoms with E-state index in [1.807, 2.05) is 13.8 Å². The van der Waals surface area contributed by atoms with Gasteiger partial charge in [0.25, 0.3) is 0 Å². The van der Waals surface area contributed by atoms with Crippen molar-refractivity contribution in [1.29, 1.82) is 0 Å². The van der Waals surface area contributed by atoms with Crippen molar-refractivity contribution in [2.24, 2.45) is 4.99 Å². The van der Waals surface area contributed by atoms with Crippen molar-refractivity contribution in [3.8, 4) is 5.75 Å². The summed E-state index contributed by atoms with van der Waals surface area (Å²) in [5.41, 5.74) is 2.85. The maximum Gasteiger partial charge on any atom is 0.191 e. The summed E-state index contributed by atoms with van der Waals surface area (Å²) in [6.07, 6.45) is 2.39. The van der Waals surface area contributed by atoms with E-state index in [1.54, 1.807) is 20.4 Å². The highest BCUT2D eigenvalue weighted by molar-refractivity contribution is 7.91. The number of guanidine groups is 1. The molecular formula is C15H24N4O3S. The summed E-state index contributed by atoms with van der Waals surface area (Å²) < 4.78 is 28.4. The third-order valence-electron chi connectivity index (χ3n) is 3.97. The Bertz CT molecular complexity index is 701. The predicted molar refractivity (Wildman–Crippen MR) is 90.7 cm³/mol. The molecule has 2 rings (SSSR count). The Morgan fingerprint density at radius 2 is 2.22 bits per heavy atom. The quantitative estimate of drug-likeness (QED) is 0.614. The topological polar surface area (TPSA) is 92.7 Å². The zero-order valence-corrected chi connectivity index (χ0v) is 14.8. The van der Waals surface area contributed by atoms with Crippen LogP contribution in [-0.4, -0.2) is 51.1 Å². The molecule has 1 aromatic rings. The number of sulfone groups is 1. The molecule has 1 aliphatic heterocycles. The Kier molecular flexibility index (Phi) is 5.46. The van der Waals surface area contributed by atoms with E-state index in [0.29, 0.717) is 18.9 Å². The first-order valence-corrected chi connectivity index (χ1v) is 9.35. The van der Waals surface area contributed by atoms with Crippen molar-refractivity contribution < 1.29 is 13.2 Å². The number of aliphatic imine (C=N–C) groups is 1. The summed E-state index contributed by atoms with van der Waals surface area (Å²) in [5, 5.41) is 6.33. The molecule has 2 heterocycles. The average molecular weight is 340 g/mol. The molecule has 0 spiro atoms. The number of methoxy groups -OCH3 is 1. The van der Waals surface area contributed by atoms with E-state index >= 15 is 0 Å². The normalized spacial score (nSPS) is 20.3. The first-order valence-electron chi connectivity index (χ1n) is 7.53. The second-order valence-electron chi connectivity index (χ2n) is 5.72. The molecule has 128 valence electrons. The second kappa shape index (κ2) is 7.16. The average Bonchev–Trinajstić information content (AvgIpc) is 2.84. The molecule has 0 amide bonds. The molecule has 1 fully saturated rings. The standard InChI is InChI=1S/C15H24N4O3S/c1-10-7-17-13(11(2)14(10)22-4)8-18-15(16-3)19-12-5-6-23(20,21)9-12/h7,12H,5-6,8-9H2,1-4H3,(H2,16,18,19). The van der Waals surface area contributed by atoms with Crippen molar-refractivity contribution in [2.45, 2.75) is 32.9 Å². The van der Waals surface area contributed by atoms with Crippen molar-refractivity contribution in [1.82, 2.24) is 15.6 Å². The lowest BCUT2D eigenvalue weighted by molar-refractivity contribution is 0.406. The van der Waals surface area contributed by atoms with Crippen LogP contribution < -0.4 is 15.4 Å². The maximum absolute atomic E-state index is 11.5. The number of aryl methyl sites for hydroxylation is 1. The zero-order valence-electron chi connectivity index (χ0n) is 14.0. The van der Waals surface area contributed by atoms with Gasteiger partial charge in [0.15, 0.2) is 15.8 Å². The molecule has 0 aliphatic carbocycles. The molecule has 1 aromatic heterocycles. The van der Waals surface area contributed by atoms with Gasteiger partial charge in [0.05, 0.1) is 30.9 Å². The third-order valence-corrected chi connectivity index (χ3v) is 5.74. The van der Waals surface area contributed by atoms with Crippen molar-refractivity contribution in [3.05, 3.63) is 23.0 Å². The SMILES string of the molecule is CN=C(NCc1ncc(C)c(OC)c1C)NC1CCS(=O)(=O)C1. The molecule has 1 saturated heterocycles. The van der Waals surface area contributed by atoms with Crippen molar-refractivity contribution >= 4 is 15.8 Å². The molecule has 0 radical (unpaired) electrons. The lowest BCUT2D eigenvalue weighted by Gasteiger charge is -2.17. The lowest BCUT2D eigenvalue weighted by Crippen LogP contribution is -2.43. The van der Waals surface area contributed by atoms with Crippen LogP contribution in [0.25, 0.3) is 0 Å². The number of rotatable bonds is 4. The Morgan fingerprint density at radius 3 is 2.78 bits per heavy atom. The summed E-state index contributed by atoms with van der Waals surface area (Å²) in [4.78, 5) is 8.57. The highest BCUT2D eigenvalue weighted by Gasteiger charge is 2.28. The molecular weight excluding hydrogens is 316 g/mol. The van der Waals surface area contributed by atoms with Crippen LogP contribution in [0, 0.1) is 13.8 Å². The van der Waals surface area contributed by atoms with Gasteiger partial charge in [-0.2, -0.15) is 0 Å². The van der Waals surface area contributed by atoms with Gasteiger partial charge < -0.3 is 15.4 Å². The Morgan fingerprint density at radius 1 is 1.48 bits per heavy atom. The van der Waals surface area contributed by atoms with E-state index in [2.05, 4.69) is 20.6 Å². The van der Waals surface area contributed by atoms with Gasteiger partial charge in [0.2, 0.25) is 0 Å². The zero-order chi connectivity index (χ0) is 17.0. The van der Waals surface area contributed by atoms with Crippen molar-refractivity contribution in [2.75, 3.05) is 25.7 Å². The summed E-state index contributed by atoms with van der Waals surface area (Å²) in [5.74, 6) is 1.80. The second-order valence-corrected chi connectivity index (χ2v) is 7.94. The molecule has 7 nitrogen and oxygen atoms in total. The van der Waals surface area contributed by atoms with Gasteiger partial charge in [-0.3, -0.25) is 9.98 Å². The van der Waals surface area contributed by atoms with E-state index in [-0.39, 0.29) is 17.5 Å². The smallest absolute Gasteiger partial charge is 0.191 e. The van der Waals surface area contributed by atoms with Gasteiger partial charge in [-0.15, -0.1) is 0 Å². The fourth-order valence-electron chi connectivity index (χ4n) is 2.71. The largest absolute Gasteiger partial charge is 0.496 e. The number of nitrogens with one attached hydrogen (secondary N) is 2. The van der Waals surface area contributed by atoms with Gasteiger partial charge in [-0.05, 0) is 20.3 Å². The van der Waals surface area contributed by atoms with Crippen LogP contribution >= 0.6 is 0 Å². The Labute approximate surface area is 137 Å². The predicted octanol–water partition coefficient (Wildman–Crippen LogP) is 0.559. The molecule has 1 aliphatic rings. The molecule has 0 saturated carbocycles. The van der Waals surface area contributed by atoms with Crippen LogP contribution in [0.1, 0.15) is 23.2 Å². The van der Waals surface area contributed by atoms with Gasteiger partial charge in [0.1, 0.15) is 5.75 Å². The number of pyridine rings is 1.